The molecular formula is C19H24ClFN2O4. The molecule has 2 rings (SSSR count). The van der Waals surface area contributed by atoms with Gasteiger partial charge in [0.25, 0.3) is 5.91 Å². The molecule has 0 atom stereocenters. The Hall–Kier alpha value is -2.12. The summed E-state index contributed by atoms with van der Waals surface area (Å²) in [6.45, 7) is 5.94. The van der Waals surface area contributed by atoms with E-state index >= 15 is 0 Å². The van der Waals surface area contributed by atoms with Crippen molar-refractivity contribution in [2.75, 3.05) is 19.8 Å². The topological polar surface area (TPSA) is 76.7 Å². The molecule has 1 aromatic carbocycles. The Morgan fingerprint density at radius 2 is 2.04 bits per heavy atom. The standard InChI is InChI=1S/C19H24ClFN2O4/c1-12-7-15(8-12)27-11-19(25)23-13(2)5-6-22-18(24)10-26-14-3-4-16(20)17(21)9-14/h3-4,9,12,15H,2,5-8,10-11H2,1H3,(H,22,24)(H,23,25). The van der Waals surface area contributed by atoms with Gasteiger partial charge in [-0.1, -0.05) is 25.1 Å². The molecule has 0 unspecified atom stereocenters. The maximum absolute atomic E-state index is 13.3. The average Bonchev–Trinajstić information content (AvgIpc) is 2.58. The lowest BCUT2D eigenvalue weighted by atomic mass is 9.84. The van der Waals surface area contributed by atoms with Crippen molar-refractivity contribution in [3.63, 3.8) is 0 Å². The molecule has 0 aromatic heterocycles. The number of amides is 2. The van der Waals surface area contributed by atoms with E-state index in [4.69, 9.17) is 21.1 Å². The van der Waals surface area contributed by atoms with E-state index in [2.05, 4.69) is 24.1 Å². The molecule has 1 aliphatic carbocycles. The van der Waals surface area contributed by atoms with E-state index in [1.54, 1.807) is 0 Å². The lowest BCUT2D eigenvalue weighted by molar-refractivity contribution is -0.130. The zero-order valence-corrected chi connectivity index (χ0v) is 16.0. The van der Waals surface area contributed by atoms with Gasteiger partial charge in [-0.15, -0.1) is 0 Å². The van der Waals surface area contributed by atoms with Gasteiger partial charge in [-0.2, -0.15) is 0 Å². The third kappa shape index (κ3) is 7.56. The number of hydrogen-bond acceptors (Lipinski definition) is 4. The van der Waals surface area contributed by atoms with Crippen LogP contribution in [0.3, 0.4) is 0 Å². The van der Waals surface area contributed by atoms with E-state index in [0.717, 1.165) is 18.9 Å². The van der Waals surface area contributed by atoms with Gasteiger partial charge < -0.3 is 20.1 Å². The summed E-state index contributed by atoms with van der Waals surface area (Å²) in [5.74, 6) is -0.354. The summed E-state index contributed by atoms with van der Waals surface area (Å²) in [5.41, 5.74) is 0.492. The third-order valence-corrected chi connectivity index (χ3v) is 4.41. The molecule has 2 amide bonds. The second-order valence-electron chi connectivity index (χ2n) is 6.63. The summed E-state index contributed by atoms with van der Waals surface area (Å²) >= 11 is 5.57. The van der Waals surface area contributed by atoms with Crippen molar-refractivity contribution in [1.29, 1.82) is 0 Å². The van der Waals surface area contributed by atoms with Crippen LogP contribution >= 0.6 is 11.6 Å². The molecule has 1 fully saturated rings. The SMILES string of the molecule is C=C(CCNC(=O)COc1ccc(Cl)c(F)c1)NC(=O)COC1CC(C)C1. The van der Waals surface area contributed by atoms with E-state index in [1.165, 1.54) is 12.1 Å². The maximum atomic E-state index is 13.3. The summed E-state index contributed by atoms with van der Waals surface area (Å²) in [7, 11) is 0. The smallest absolute Gasteiger partial charge is 0.257 e. The molecule has 0 heterocycles. The summed E-state index contributed by atoms with van der Waals surface area (Å²) in [6.07, 6.45) is 2.54. The number of rotatable bonds is 10. The fourth-order valence-electron chi connectivity index (χ4n) is 2.57. The highest BCUT2D eigenvalue weighted by molar-refractivity contribution is 6.30. The molecule has 27 heavy (non-hydrogen) atoms. The molecule has 148 valence electrons. The van der Waals surface area contributed by atoms with Crippen LogP contribution in [0, 0.1) is 11.7 Å². The molecule has 0 saturated heterocycles. The fourth-order valence-corrected chi connectivity index (χ4v) is 2.69. The molecule has 0 spiro atoms. The van der Waals surface area contributed by atoms with Gasteiger partial charge in [-0.25, -0.2) is 4.39 Å². The molecule has 6 nitrogen and oxygen atoms in total. The van der Waals surface area contributed by atoms with Crippen molar-refractivity contribution in [2.24, 2.45) is 5.92 Å². The molecular weight excluding hydrogens is 375 g/mol. The van der Waals surface area contributed by atoms with Crippen molar-refractivity contribution in [3.05, 3.63) is 41.3 Å². The minimum Gasteiger partial charge on any atom is -0.484 e. The van der Waals surface area contributed by atoms with Crippen LogP contribution in [-0.4, -0.2) is 37.7 Å². The van der Waals surface area contributed by atoms with Gasteiger partial charge in [-0.05, 0) is 30.9 Å². The highest BCUT2D eigenvalue weighted by Crippen LogP contribution is 2.28. The van der Waals surface area contributed by atoms with Crippen LogP contribution in [0.25, 0.3) is 0 Å². The first-order chi connectivity index (χ1) is 12.8. The molecule has 1 aliphatic rings. The van der Waals surface area contributed by atoms with Gasteiger partial charge in [0.05, 0.1) is 11.1 Å². The lowest BCUT2D eigenvalue weighted by Gasteiger charge is -2.32. The van der Waals surface area contributed by atoms with E-state index in [0.29, 0.717) is 18.0 Å². The highest BCUT2D eigenvalue weighted by Gasteiger charge is 2.26. The van der Waals surface area contributed by atoms with Crippen LogP contribution in [-0.2, 0) is 14.3 Å². The van der Waals surface area contributed by atoms with Gasteiger partial charge >= 0.3 is 0 Å². The second kappa shape index (κ2) is 10.3. The Labute approximate surface area is 163 Å². The zero-order chi connectivity index (χ0) is 19.8. The number of ether oxygens (including phenoxy) is 2. The van der Waals surface area contributed by atoms with Gasteiger partial charge in [-0.3, -0.25) is 9.59 Å². The van der Waals surface area contributed by atoms with Crippen molar-refractivity contribution >= 4 is 23.4 Å². The van der Waals surface area contributed by atoms with Gasteiger partial charge in [0, 0.05) is 24.7 Å². The first kappa shape index (κ1) is 21.2. The Morgan fingerprint density at radius 1 is 1.30 bits per heavy atom. The van der Waals surface area contributed by atoms with Crippen LogP contribution in [0.5, 0.6) is 5.75 Å². The molecule has 0 bridgehead atoms. The Balaban J connectivity index is 1.55. The van der Waals surface area contributed by atoms with Crippen LogP contribution < -0.4 is 15.4 Å². The number of nitrogens with one attached hydrogen (secondary N) is 2. The van der Waals surface area contributed by atoms with Crippen LogP contribution in [0.4, 0.5) is 4.39 Å². The van der Waals surface area contributed by atoms with E-state index in [-0.39, 0.29) is 48.4 Å². The summed E-state index contributed by atoms with van der Waals surface area (Å²) < 4.78 is 23.9. The summed E-state index contributed by atoms with van der Waals surface area (Å²) in [4.78, 5) is 23.5. The minimum absolute atomic E-state index is 0.00819. The highest BCUT2D eigenvalue weighted by atomic mass is 35.5. The summed E-state index contributed by atoms with van der Waals surface area (Å²) in [5, 5.41) is 5.26. The predicted molar refractivity (Wildman–Crippen MR) is 100.0 cm³/mol. The van der Waals surface area contributed by atoms with Crippen molar-refractivity contribution < 1.29 is 23.5 Å². The quantitative estimate of drug-likeness (QED) is 0.635. The molecule has 1 saturated carbocycles. The van der Waals surface area contributed by atoms with Gasteiger partial charge in [0.2, 0.25) is 5.91 Å². The number of halogens is 2. The van der Waals surface area contributed by atoms with Crippen molar-refractivity contribution in [3.8, 4) is 5.75 Å². The molecule has 1 aromatic rings. The molecule has 0 radical (unpaired) electrons. The van der Waals surface area contributed by atoms with E-state index < -0.39 is 5.82 Å². The normalized spacial score (nSPS) is 18.3. The minimum atomic E-state index is -0.614. The van der Waals surface area contributed by atoms with Crippen molar-refractivity contribution in [1.82, 2.24) is 10.6 Å². The molecule has 2 N–H and O–H groups in total. The van der Waals surface area contributed by atoms with Crippen LogP contribution in [0.1, 0.15) is 26.2 Å². The zero-order valence-electron chi connectivity index (χ0n) is 15.2. The van der Waals surface area contributed by atoms with Crippen LogP contribution in [0.15, 0.2) is 30.5 Å². The predicted octanol–water partition coefficient (Wildman–Crippen LogP) is 2.81. The molecule has 0 aliphatic heterocycles. The Morgan fingerprint density at radius 3 is 2.70 bits per heavy atom. The number of hydrogen-bond donors (Lipinski definition) is 2. The Bertz CT molecular complexity index is 692. The number of benzene rings is 1. The van der Waals surface area contributed by atoms with Gasteiger partial charge in [0.1, 0.15) is 18.2 Å². The fraction of sp³-hybridized carbons (Fsp3) is 0.474. The van der Waals surface area contributed by atoms with E-state index in [9.17, 15) is 14.0 Å². The third-order valence-electron chi connectivity index (χ3n) is 4.11. The largest absolute Gasteiger partial charge is 0.484 e. The van der Waals surface area contributed by atoms with E-state index in [1.807, 2.05) is 0 Å². The first-order valence-electron chi connectivity index (χ1n) is 8.77. The summed E-state index contributed by atoms with van der Waals surface area (Å²) in [6, 6.07) is 3.94. The van der Waals surface area contributed by atoms with Gasteiger partial charge in [0.15, 0.2) is 6.61 Å². The average molecular weight is 399 g/mol. The monoisotopic (exact) mass is 398 g/mol. The first-order valence-corrected chi connectivity index (χ1v) is 9.15. The lowest BCUT2D eigenvalue weighted by Crippen LogP contribution is -2.35. The maximum Gasteiger partial charge on any atom is 0.257 e. The van der Waals surface area contributed by atoms with Crippen molar-refractivity contribution in [2.45, 2.75) is 32.3 Å². The Kier molecular flexibility index (Phi) is 8.06. The number of carbonyl (C=O) groups excluding carboxylic acids is 2. The second-order valence-corrected chi connectivity index (χ2v) is 7.03. The van der Waals surface area contributed by atoms with Crippen LogP contribution in [0.2, 0.25) is 5.02 Å². The number of carbonyl (C=O) groups is 2. The molecule has 8 heteroatoms.